The number of unbranched alkanes of at least 4 members (excludes halogenated alkanes) is 13. The van der Waals surface area contributed by atoms with Crippen molar-refractivity contribution >= 4 is 24.4 Å². The molecule has 0 aliphatic heterocycles. The molecule has 27 heavy (non-hydrogen) atoms. The Labute approximate surface area is 177 Å². The molecule has 0 aromatic carbocycles. The van der Waals surface area contributed by atoms with Crippen LogP contribution in [0, 0.1) is 9.54 Å². The van der Waals surface area contributed by atoms with E-state index in [4.69, 9.17) is 5.73 Å². The van der Waals surface area contributed by atoms with Gasteiger partial charge in [-0.2, -0.15) is 0 Å². The van der Waals surface area contributed by atoms with Crippen molar-refractivity contribution in [2.24, 2.45) is 5.73 Å². The fourth-order valence-corrected chi connectivity index (χ4v) is 3.34. The Morgan fingerprint density at radius 1 is 0.852 bits per heavy atom. The fourth-order valence-electron chi connectivity index (χ4n) is 2.98. The van der Waals surface area contributed by atoms with E-state index in [-0.39, 0.29) is 0 Å². The smallest absolute Gasteiger partial charge is 0.200 e. The minimum Gasteiger partial charge on any atom is -0.328 e. The number of nitrogens with two attached hydrogens (primary N) is 1. The maximum atomic E-state index is 5.74. The molecule has 1 aromatic rings. The van der Waals surface area contributed by atoms with Crippen LogP contribution in [0.3, 0.4) is 0 Å². The quantitative estimate of drug-likeness (QED) is 0.206. The number of nitrogens with one attached hydrogen (secondary N) is 2. The van der Waals surface area contributed by atoms with Crippen molar-refractivity contribution in [2.45, 2.75) is 116 Å². The number of H-pyrrole nitrogens is 2. The maximum absolute atomic E-state index is 5.74. The van der Waals surface area contributed by atoms with E-state index in [1.54, 1.807) is 0 Å². The molecule has 0 aliphatic carbocycles. The topological polar surface area (TPSA) is 70.5 Å². The second kappa shape index (κ2) is 20.2. The molecule has 0 radical (unpaired) electrons. The Morgan fingerprint density at radius 3 is 1.63 bits per heavy atom. The molecule has 0 saturated carbocycles. The first kappa shape index (κ1) is 26.4. The van der Waals surface area contributed by atoms with Gasteiger partial charge in [0, 0.05) is 6.04 Å². The van der Waals surface area contributed by atoms with Gasteiger partial charge in [-0.25, -0.2) is 4.98 Å². The van der Waals surface area contributed by atoms with Crippen LogP contribution in [0.5, 0.6) is 0 Å². The first-order valence-corrected chi connectivity index (χ1v) is 11.8. The van der Waals surface area contributed by atoms with Gasteiger partial charge in [0.15, 0.2) is 9.54 Å². The van der Waals surface area contributed by atoms with Gasteiger partial charge in [-0.15, -0.1) is 0 Å². The maximum Gasteiger partial charge on any atom is 0.200 e. The van der Waals surface area contributed by atoms with Gasteiger partial charge in [0.2, 0.25) is 0 Å². The molecule has 0 spiro atoms. The number of rotatable bonds is 15. The van der Waals surface area contributed by atoms with E-state index >= 15 is 0 Å². The van der Waals surface area contributed by atoms with Crippen LogP contribution in [-0.4, -0.2) is 21.0 Å². The van der Waals surface area contributed by atoms with E-state index < -0.39 is 0 Å². The van der Waals surface area contributed by atoms with Crippen molar-refractivity contribution in [3.63, 3.8) is 0 Å². The molecule has 0 fully saturated rings. The van der Waals surface area contributed by atoms with Crippen molar-refractivity contribution < 1.29 is 0 Å². The summed E-state index contributed by atoms with van der Waals surface area (Å²) < 4.78 is 0.916. The average Bonchev–Trinajstić information content (AvgIpc) is 2.62. The summed E-state index contributed by atoms with van der Waals surface area (Å²) in [6.07, 6.45) is 22.8. The first-order valence-electron chi connectivity index (χ1n) is 11.0. The molecular weight excluding hydrogens is 372 g/mol. The Morgan fingerprint density at radius 2 is 1.30 bits per heavy atom. The van der Waals surface area contributed by atoms with Gasteiger partial charge in [0.25, 0.3) is 0 Å². The zero-order valence-corrected chi connectivity index (χ0v) is 19.2. The summed E-state index contributed by atoms with van der Waals surface area (Å²) in [6.45, 7) is 4.40. The lowest BCUT2D eigenvalue weighted by Crippen LogP contribution is -2.13. The summed E-state index contributed by atoms with van der Waals surface area (Å²) in [7, 11) is 0. The lowest BCUT2D eigenvalue weighted by molar-refractivity contribution is 0.523. The average molecular weight is 415 g/mol. The van der Waals surface area contributed by atoms with Gasteiger partial charge >= 0.3 is 0 Å². The molecule has 1 heterocycles. The molecule has 158 valence electrons. The van der Waals surface area contributed by atoms with Crippen molar-refractivity contribution in [3.05, 3.63) is 15.9 Å². The van der Waals surface area contributed by atoms with E-state index in [9.17, 15) is 0 Å². The SMILES string of the molecule is CCCCCCCCCCCCCCCCC(C)N.S=c1nc[nH]c(=S)[nH]1. The monoisotopic (exact) mass is 414 g/mol. The third-order valence-corrected chi connectivity index (χ3v) is 5.04. The van der Waals surface area contributed by atoms with Crippen molar-refractivity contribution in [3.8, 4) is 0 Å². The van der Waals surface area contributed by atoms with Crippen molar-refractivity contribution in [1.29, 1.82) is 0 Å². The Kier molecular flexibility index (Phi) is 19.7. The summed E-state index contributed by atoms with van der Waals surface area (Å²) in [6, 6.07) is 0.400. The van der Waals surface area contributed by atoms with E-state index in [2.05, 4.69) is 53.2 Å². The number of aromatic amines is 2. The third kappa shape index (κ3) is 21.6. The summed E-state index contributed by atoms with van der Waals surface area (Å²) in [5.74, 6) is 0. The van der Waals surface area contributed by atoms with Crippen LogP contribution >= 0.6 is 24.4 Å². The van der Waals surface area contributed by atoms with Gasteiger partial charge in [0.1, 0.15) is 0 Å². The highest BCUT2D eigenvalue weighted by Crippen LogP contribution is 2.13. The van der Waals surface area contributed by atoms with Crippen LogP contribution in [0.25, 0.3) is 0 Å². The Bertz CT molecular complexity index is 500. The highest BCUT2D eigenvalue weighted by Gasteiger charge is 1.95. The van der Waals surface area contributed by atoms with Gasteiger partial charge in [0.05, 0.1) is 6.33 Å². The molecule has 4 nitrogen and oxygen atoms in total. The van der Waals surface area contributed by atoms with Crippen LogP contribution in [0.2, 0.25) is 0 Å². The highest BCUT2D eigenvalue weighted by molar-refractivity contribution is 7.71. The predicted octanol–water partition coefficient (Wildman–Crippen LogP) is 7.40. The summed E-state index contributed by atoms with van der Waals surface area (Å²) in [5, 5.41) is 0. The normalized spacial score (nSPS) is 11.7. The second-order valence-corrected chi connectivity index (χ2v) is 8.32. The van der Waals surface area contributed by atoms with Crippen LogP contribution in [0.4, 0.5) is 0 Å². The Hall–Kier alpha value is -0.590. The standard InChI is InChI=1S/C18H39N.C3H3N3S2/c1-3-4-5-6-7-8-9-10-11-12-13-14-15-16-17-18(2)19;7-2-4-1-5-3(8)6-2/h18H,3-17,19H2,1-2H3;1H,(H2,4,5,6,7,8). The van der Waals surface area contributed by atoms with Crippen LogP contribution < -0.4 is 5.73 Å². The fraction of sp³-hybridized carbons (Fsp3) is 0.857. The van der Waals surface area contributed by atoms with Gasteiger partial charge in [-0.05, 0) is 37.8 Å². The molecule has 0 saturated heterocycles. The van der Waals surface area contributed by atoms with Gasteiger partial charge in [-0.1, -0.05) is 96.8 Å². The molecule has 6 heteroatoms. The lowest BCUT2D eigenvalue weighted by atomic mass is 10.0. The largest absolute Gasteiger partial charge is 0.328 e. The summed E-state index contributed by atoms with van der Waals surface area (Å²) >= 11 is 9.33. The van der Waals surface area contributed by atoms with E-state index in [0.29, 0.717) is 15.6 Å². The molecule has 1 rings (SSSR count). The lowest BCUT2D eigenvalue weighted by Gasteiger charge is -2.05. The molecule has 4 N–H and O–H groups in total. The second-order valence-electron chi connectivity index (χ2n) is 7.52. The molecule has 0 aliphatic rings. The van der Waals surface area contributed by atoms with E-state index in [1.165, 1.54) is 103 Å². The molecule has 0 bridgehead atoms. The van der Waals surface area contributed by atoms with Crippen LogP contribution in [0.15, 0.2) is 6.33 Å². The van der Waals surface area contributed by atoms with Crippen LogP contribution in [-0.2, 0) is 0 Å². The van der Waals surface area contributed by atoms with E-state index in [1.807, 2.05) is 0 Å². The summed E-state index contributed by atoms with van der Waals surface area (Å²) in [5.41, 5.74) is 5.74. The third-order valence-electron chi connectivity index (χ3n) is 4.61. The number of hydrogen-bond acceptors (Lipinski definition) is 4. The van der Waals surface area contributed by atoms with E-state index in [0.717, 1.165) is 0 Å². The van der Waals surface area contributed by atoms with Gasteiger partial charge < -0.3 is 15.7 Å². The summed E-state index contributed by atoms with van der Waals surface area (Å²) in [4.78, 5) is 8.96. The zero-order chi connectivity index (χ0) is 20.2. The highest BCUT2D eigenvalue weighted by atomic mass is 32.1. The number of nitrogens with zero attached hydrogens (tertiary/aromatic N) is 1. The molecule has 1 atom stereocenters. The van der Waals surface area contributed by atoms with Crippen LogP contribution in [0.1, 0.15) is 110 Å². The molecule has 1 aromatic heterocycles. The number of aromatic nitrogens is 3. The van der Waals surface area contributed by atoms with Crippen molar-refractivity contribution in [2.75, 3.05) is 0 Å². The van der Waals surface area contributed by atoms with Gasteiger partial charge in [-0.3, -0.25) is 0 Å². The molecular formula is C21H42N4S2. The minimum atomic E-state index is 0.400. The number of hydrogen-bond donors (Lipinski definition) is 3. The Balaban J connectivity index is 0.000000694. The van der Waals surface area contributed by atoms with Crippen molar-refractivity contribution in [1.82, 2.24) is 15.0 Å². The minimum absolute atomic E-state index is 0.400. The first-order chi connectivity index (χ1) is 13.1. The predicted molar refractivity (Wildman–Crippen MR) is 123 cm³/mol. The molecule has 1 unspecified atom stereocenters. The zero-order valence-electron chi connectivity index (χ0n) is 17.6. The molecule has 0 amide bonds.